The summed E-state index contributed by atoms with van der Waals surface area (Å²) < 4.78 is 11.9. The van der Waals surface area contributed by atoms with Gasteiger partial charge in [-0.2, -0.15) is 0 Å². The van der Waals surface area contributed by atoms with Crippen LogP contribution in [0.3, 0.4) is 0 Å². The van der Waals surface area contributed by atoms with Gasteiger partial charge < -0.3 is 14.8 Å². The molecule has 0 saturated heterocycles. The summed E-state index contributed by atoms with van der Waals surface area (Å²) >= 11 is 3.46. The molecular formula is C12H16BrNO2. The Hall–Kier alpha value is -0.740. The summed E-state index contributed by atoms with van der Waals surface area (Å²) in [5.74, 6) is 1.54. The molecule has 0 atom stereocenters. The van der Waals surface area contributed by atoms with Crippen molar-refractivity contribution >= 4 is 15.9 Å². The Balaban J connectivity index is 1.86. The maximum absolute atomic E-state index is 5.70. The van der Waals surface area contributed by atoms with Crippen molar-refractivity contribution in [2.45, 2.75) is 18.9 Å². The lowest BCUT2D eigenvalue weighted by Crippen LogP contribution is -2.23. The average Bonchev–Trinajstić information content (AvgIpc) is 3.09. The topological polar surface area (TPSA) is 30.5 Å². The van der Waals surface area contributed by atoms with E-state index in [0.29, 0.717) is 6.61 Å². The largest absolute Gasteiger partial charge is 0.493 e. The predicted octanol–water partition coefficient (Wildman–Crippen LogP) is 2.59. The average molecular weight is 286 g/mol. The van der Waals surface area contributed by atoms with E-state index in [2.05, 4.69) is 21.2 Å². The van der Waals surface area contributed by atoms with Crippen molar-refractivity contribution in [1.82, 2.24) is 5.32 Å². The zero-order chi connectivity index (χ0) is 11.4. The van der Waals surface area contributed by atoms with Crippen molar-refractivity contribution in [2.75, 3.05) is 20.3 Å². The van der Waals surface area contributed by atoms with E-state index >= 15 is 0 Å². The second-order valence-electron chi connectivity index (χ2n) is 3.85. The van der Waals surface area contributed by atoms with Crippen LogP contribution in [-0.2, 0) is 0 Å². The Morgan fingerprint density at radius 3 is 2.94 bits per heavy atom. The molecule has 0 aromatic heterocycles. The van der Waals surface area contributed by atoms with Gasteiger partial charge in [-0.1, -0.05) is 6.07 Å². The Labute approximate surface area is 104 Å². The fraction of sp³-hybridized carbons (Fsp3) is 0.500. The summed E-state index contributed by atoms with van der Waals surface area (Å²) in [4.78, 5) is 0. The van der Waals surface area contributed by atoms with Crippen LogP contribution in [0.1, 0.15) is 12.8 Å². The summed E-state index contributed by atoms with van der Waals surface area (Å²) in [6.07, 6.45) is 2.61. The molecule has 0 aliphatic heterocycles. The molecule has 0 spiro atoms. The number of para-hydroxylation sites is 1. The fourth-order valence-corrected chi connectivity index (χ4v) is 1.96. The molecule has 1 fully saturated rings. The molecule has 2 rings (SSSR count). The number of halogens is 1. The highest BCUT2D eigenvalue weighted by Gasteiger charge is 2.19. The predicted molar refractivity (Wildman–Crippen MR) is 67.2 cm³/mol. The first kappa shape index (κ1) is 11.7. The third-order valence-electron chi connectivity index (χ3n) is 2.51. The van der Waals surface area contributed by atoms with Gasteiger partial charge in [0, 0.05) is 12.6 Å². The lowest BCUT2D eigenvalue weighted by atomic mass is 10.3. The van der Waals surface area contributed by atoms with E-state index in [0.717, 1.165) is 28.6 Å². The smallest absolute Gasteiger partial charge is 0.175 e. The number of hydrogen-bond donors (Lipinski definition) is 1. The van der Waals surface area contributed by atoms with Crippen molar-refractivity contribution in [3.05, 3.63) is 22.7 Å². The highest BCUT2D eigenvalue weighted by atomic mass is 79.9. The molecule has 1 aromatic carbocycles. The Morgan fingerprint density at radius 1 is 1.44 bits per heavy atom. The van der Waals surface area contributed by atoms with E-state index in [1.54, 1.807) is 7.11 Å². The molecule has 3 nitrogen and oxygen atoms in total. The van der Waals surface area contributed by atoms with Gasteiger partial charge in [-0.3, -0.25) is 0 Å². The monoisotopic (exact) mass is 285 g/mol. The van der Waals surface area contributed by atoms with Crippen LogP contribution in [0.4, 0.5) is 0 Å². The zero-order valence-corrected chi connectivity index (χ0v) is 10.9. The van der Waals surface area contributed by atoms with E-state index in [4.69, 9.17) is 9.47 Å². The molecule has 0 bridgehead atoms. The van der Waals surface area contributed by atoms with Crippen molar-refractivity contribution < 1.29 is 9.47 Å². The van der Waals surface area contributed by atoms with Crippen LogP contribution in [0.2, 0.25) is 0 Å². The van der Waals surface area contributed by atoms with Crippen LogP contribution in [-0.4, -0.2) is 26.3 Å². The first-order chi connectivity index (χ1) is 7.81. The molecule has 0 amide bonds. The quantitative estimate of drug-likeness (QED) is 0.815. The van der Waals surface area contributed by atoms with Crippen LogP contribution in [0.5, 0.6) is 11.5 Å². The summed E-state index contributed by atoms with van der Waals surface area (Å²) in [6.45, 7) is 1.55. The van der Waals surface area contributed by atoms with Gasteiger partial charge in [-0.15, -0.1) is 0 Å². The molecule has 0 heterocycles. The van der Waals surface area contributed by atoms with Crippen LogP contribution in [0, 0.1) is 0 Å². The van der Waals surface area contributed by atoms with Gasteiger partial charge >= 0.3 is 0 Å². The summed E-state index contributed by atoms with van der Waals surface area (Å²) in [7, 11) is 1.65. The van der Waals surface area contributed by atoms with Crippen molar-refractivity contribution in [3.8, 4) is 11.5 Å². The standard InChI is InChI=1S/C12H16BrNO2/c1-15-11-4-2-3-10(13)12(11)16-8-7-14-9-5-6-9/h2-4,9,14H,5-8H2,1H3. The van der Waals surface area contributed by atoms with E-state index in [1.807, 2.05) is 18.2 Å². The molecule has 88 valence electrons. The van der Waals surface area contributed by atoms with Crippen LogP contribution in [0.25, 0.3) is 0 Å². The van der Waals surface area contributed by atoms with Gasteiger partial charge in [0.15, 0.2) is 11.5 Å². The summed E-state index contributed by atoms with van der Waals surface area (Å²) in [5.41, 5.74) is 0. The van der Waals surface area contributed by atoms with Crippen LogP contribution < -0.4 is 14.8 Å². The van der Waals surface area contributed by atoms with E-state index in [9.17, 15) is 0 Å². The minimum absolute atomic E-state index is 0.662. The first-order valence-corrected chi connectivity index (χ1v) is 6.29. The molecule has 1 saturated carbocycles. The third-order valence-corrected chi connectivity index (χ3v) is 3.13. The third kappa shape index (κ3) is 3.12. The SMILES string of the molecule is COc1cccc(Br)c1OCCNC1CC1. The summed E-state index contributed by atoms with van der Waals surface area (Å²) in [5, 5.41) is 3.40. The maximum atomic E-state index is 5.70. The van der Waals surface area contributed by atoms with Gasteiger partial charge in [0.2, 0.25) is 0 Å². The molecule has 1 aromatic rings. The Kier molecular flexibility index (Phi) is 4.07. The van der Waals surface area contributed by atoms with Gasteiger partial charge in [0.1, 0.15) is 6.61 Å². The summed E-state index contributed by atoms with van der Waals surface area (Å²) in [6, 6.07) is 6.50. The lowest BCUT2D eigenvalue weighted by molar-refractivity contribution is 0.290. The second kappa shape index (κ2) is 5.55. The minimum atomic E-state index is 0.662. The highest BCUT2D eigenvalue weighted by Crippen LogP contribution is 2.34. The number of ether oxygens (including phenoxy) is 2. The molecule has 16 heavy (non-hydrogen) atoms. The van der Waals surface area contributed by atoms with Crippen molar-refractivity contribution in [2.24, 2.45) is 0 Å². The number of nitrogens with one attached hydrogen (secondary N) is 1. The van der Waals surface area contributed by atoms with Gasteiger partial charge in [-0.25, -0.2) is 0 Å². The second-order valence-corrected chi connectivity index (χ2v) is 4.70. The van der Waals surface area contributed by atoms with Crippen molar-refractivity contribution in [1.29, 1.82) is 0 Å². The molecule has 1 aliphatic carbocycles. The van der Waals surface area contributed by atoms with E-state index in [1.165, 1.54) is 12.8 Å². The molecule has 1 aliphatic rings. The first-order valence-electron chi connectivity index (χ1n) is 5.50. The number of rotatable bonds is 6. The van der Waals surface area contributed by atoms with Gasteiger partial charge in [0.05, 0.1) is 11.6 Å². The fourth-order valence-electron chi connectivity index (χ4n) is 1.49. The molecule has 0 unspecified atom stereocenters. The molecular weight excluding hydrogens is 270 g/mol. The Morgan fingerprint density at radius 2 is 2.25 bits per heavy atom. The number of benzene rings is 1. The molecule has 1 N–H and O–H groups in total. The molecule has 4 heteroatoms. The van der Waals surface area contributed by atoms with Gasteiger partial charge in [0.25, 0.3) is 0 Å². The zero-order valence-electron chi connectivity index (χ0n) is 9.33. The normalized spacial score (nSPS) is 14.9. The number of hydrogen-bond acceptors (Lipinski definition) is 3. The van der Waals surface area contributed by atoms with E-state index < -0.39 is 0 Å². The Bertz CT molecular complexity index is 353. The van der Waals surface area contributed by atoms with Crippen LogP contribution >= 0.6 is 15.9 Å². The van der Waals surface area contributed by atoms with Crippen LogP contribution in [0.15, 0.2) is 22.7 Å². The van der Waals surface area contributed by atoms with E-state index in [-0.39, 0.29) is 0 Å². The maximum Gasteiger partial charge on any atom is 0.175 e. The molecule has 0 radical (unpaired) electrons. The highest BCUT2D eigenvalue weighted by molar-refractivity contribution is 9.10. The lowest BCUT2D eigenvalue weighted by Gasteiger charge is -2.12. The van der Waals surface area contributed by atoms with Crippen molar-refractivity contribution in [3.63, 3.8) is 0 Å². The van der Waals surface area contributed by atoms with Gasteiger partial charge in [-0.05, 0) is 40.9 Å². The number of methoxy groups -OCH3 is 1. The minimum Gasteiger partial charge on any atom is -0.493 e.